The van der Waals surface area contributed by atoms with Crippen LogP contribution in [0.1, 0.15) is 50.2 Å². The lowest BCUT2D eigenvalue weighted by Gasteiger charge is -2.31. The van der Waals surface area contributed by atoms with Crippen LogP contribution < -0.4 is 0 Å². The summed E-state index contributed by atoms with van der Waals surface area (Å²) in [7, 11) is -0.688. The monoisotopic (exact) mass is 455 g/mol. The third-order valence-electron chi connectivity index (χ3n) is 5.24. The number of hydrogen-bond acceptors (Lipinski definition) is 7. The summed E-state index contributed by atoms with van der Waals surface area (Å²) < 4.78 is 41.9. The van der Waals surface area contributed by atoms with E-state index in [1.54, 1.807) is 17.4 Å². The highest BCUT2D eigenvalue weighted by atomic mass is 32.2. The van der Waals surface area contributed by atoms with E-state index in [0.29, 0.717) is 19.3 Å². The Bertz CT molecular complexity index is 837. The van der Waals surface area contributed by atoms with Crippen LogP contribution in [0, 0.1) is 0 Å². The van der Waals surface area contributed by atoms with Crippen LogP contribution in [0.15, 0.2) is 42.3 Å². The van der Waals surface area contributed by atoms with Crippen molar-refractivity contribution < 1.29 is 22.1 Å². The molecule has 0 spiro atoms. The predicted molar refractivity (Wildman–Crippen MR) is 121 cm³/mol. The van der Waals surface area contributed by atoms with Gasteiger partial charge in [0.15, 0.2) is 6.29 Å². The lowest BCUT2D eigenvalue weighted by Crippen LogP contribution is -2.38. The summed E-state index contributed by atoms with van der Waals surface area (Å²) in [5.74, 6) is 0. The normalized spacial score (nSPS) is 21.9. The van der Waals surface area contributed by atoms with Gasteiger partial charge in [-0.1, -0.05) is 44.2 Å². The molecule has 2 heterocycles. The number of hydrogen-bond donors (Lipinski definition) is 0. The van der Waals surface area contributed by atoms with Gasteiger partial charge in [0.25, 0.3) is 10.1 Å². The van der Waals surface area contributed by atoms with E-state index in [4.69, 9.17) is 18.6 Å². The molecular weight excluding hydrogens is 422 g/mol. The summed E-state index contributed by atoms with van der Waals surface area (Å²) in [4.78, 5) is 4.74. The van der Waals surface area contributed by atoms with Gasteiger partial charge in [-0.3, -0.25) is 4.18 Å². The highest BCUT2D eigenvalue weighted by Crippen LogP contribution is 2.36. The Hall–Kier alpha value is -1.32. The maximum atomic E-state index is 12.9. The zero-order chi connectivity index (χ0) is 22.2. The highest BCUT2D eigenvalue weighted by Gasteiger charge is 2.40. The molecule has 1 aliphatic rings. The maximum Gasteiger partial charge on any atom is 0.274 e. The topological polar surface area (TPSA) is 74.7 Å². The number of nitrogens with zero attached hydrogens (tertiary/aromatic N) is 1. The molecule has 0 aromatic carbocycles. The molecule has 0 bridgehead atoms. The van der Waals surface area contributed by atoms with Crippen LogP contribution in [0.5, 0.6) is 0 Å². The lowest BCUT2D eigenvalue weighted by molar-refractivity contribution is -0.106. The molecule has 2 rings (SSSR count). The zero-order valence-electron chi connectivity index (χ0n) is 18.2. The van der Waals surface area contributed by atoms with Crippen molar-refractivity contribution in [1.82, 2.24) is 4.98 Å². The molecule has 30 heavy (non-hydrogen) atoms. The second-order valence-corrected chi connectivity index (χ2v) is 10.5. The number of aromatic nitrogens is 1. The number of methoxy groups -OCH3 is 2. The summed E-state index contributed by atoms with van der Waals surface area (Å²) in [6.45, 7) is 7.68. The second kappa shape index (κ2) is 11.3. The van der Waals surface area contributed by atoms with Crippen molar-refractivity contribution in [3.8, 4) is 0 Å². The van der Waals surface area contributed by atoms with Crippen LogP contribution in [0.4, 0.5) is 0 Å². The van der Waals surface area contributed by atoms with E-state index in [2.05, 4.69) is 18.7 Å². The van der Waals surface area contributed by atoms with Gasteiger partial charge in [0.1, 0.15) is 10.3 Å². The lowest BCUT2D eigenvalue weighted by atomic mass is 9.85. The molecule has 2 atom stereocenters. The SMILES string of the molecule is C=CC/C=C/Cc1csc(C(C)(C)C2CC=CC(CCC(OC)OC)S(=O)(=O)O2)n1. The molecule has 1 aromatic heterocycles. The van der Waals surface area contributed by atoms with Crippen molar-refractivity contribution in [2.24, 2.45) is 0 Å². The molecule has 8 heteroatoms. The van der Waals surface area contributed by atoms with E-state index in [-0.39, 0.29) is 0 Å². The summed E-state index contributed by atoms with van der Waals surface area (Å²) in [5, 5.41) is 2.18. The molecule has 0 amide bonds. The van der Waals surface area contributed by atoms with E-state index in [1.165, 1.54) is 14.2 Å². The van der Waals surface area contributed by atoms with Crippen LogP contribution >= 0.6 is 11.3 Å². The Labute approximate surface area is 184 Å². The van der Waals surface area contributed by atoms with Gasteiger partial charge in [-0.05, 0) is 25.7 Å². The summed E-state index contributed by atoms with van der Waals surface area (Å²) in [5.41, 5.74) is 0.431. The van der Waals surface area contributed by atoms with Crippen molar-refractivity contribution in [3.05, 3.63) is 53.0 Å². The number of ether oxygens (including phenoxy) is 2. The van der Waals surface area contributed by atoms with Crippen LogP contribution in [-0.4, -0.2) is 45.3 Å². The second-order valence-electron chi connectivity index (χ2n) is 7.82. The van der Waals surface area contributed by atoms with Crippen molar-refractivity contribution >= 4 is 21.5 Å². The van der Waals surface area contributed by atoms with Gasteiger partial charge in [-0.15, -0.1) is 17.9 Å². The van der Waals surface area contributed by atoms with E-state index in [9.17, 15) is 8.42 Å². The summed E-state index contributed by atoms with van der Waals surface area (Å²) >= 11 is 1.54. The van der Waals surface area contributed by atoms with Crippen LogP contribution in [-0.2, 0) is 35.6 Å². The molecule has 0 N–H and O–H groups in total. The first-order valence-corrected chi connectivity index (χ1v) is 12.4. The molecule has 2 unspecified atom stereocenters. The van der Waals surface area contributed by atoms with Gasteiger partial charge in [0, 0.05) is 31.4 Å². The number of rotatable bonds is 11. The highest BCUT2D eigenvalue weighted by molar-refractivity contribution is 7.87. The smallest absolute Gasteiger partial charge is 0.274 e. The Balaban J connectivity index is 2.09. The molecule has 0 saturated heterocycles. The molecule has 0 saturated carbocycles. The van der Waals surface area contributed by atoms with Gasteiger partial charge in [-0.2, -0.15) is 8.42 Å². The van der Waals surface area contributed by atoms with Crippen molar-refractivity contribution in [2.45, 2.75) is 69.0 Å². The van der Waals surface area contributed by atoms with Crippen molar-refractivity contribution in [3.63, 3.8) is 0 Å². The van der Waals surface area contributed by atoms with Gasteiger partial charge in [0.05, 0.1) is 11.8 Å². The molecule has 168 valence electrons. The molecule has 1 aromatic rings. The molecule has 1 aliphatic heterocycles. The van der Waals surface area contributed by atoms with Crippen molar-refractivity contribution in [2.75, 3.05) is 14.2 Å². The molecule has 0 radical (unpaired) electrons. The minimum Gasteiger partial charge on any atom is -0.356 e. The minimum absolute atomic E-state index is 0.372. The van der Waals surface area contributed by atoms with Crippen molar-refractivity contribution in [1.29, 1.82) is 0 Å². The van der Waals surface area contributed by atoms with Gasteiger partial charge >= 0.3 is 0 Å². The van der Waals surface area contributed by atoms with Gasteiger partial charge in [0.2, 0.25) is 0 Å². The fourth-order valence-electron chi connectivity index (χ4n) is 3.24. The molecule has 6 nitrogen and oxygen atoms in total. The average Bonchev–Trinajstić information content (AvgIpc) is 3.13. The summed E-state index contributed by atoms with van der Waals surface area (Å²) in [6.07, 6.45) is 11.6. The first-order valence-electron chi connectivity index (χ1n) is 10.1. The summed E-state index contributed by atoms with van der Waals surface area (Å²) in [6, 6.07) is 0. The maximum absolute atomic E-state index is 12.9. The first-order chi connectivity index (χ1) is 14.2. The molecule has 0 fully saturated rings. The van der Waals surface area contributed by atoms with E-state index in [1.807, 2.05) is 31.4 Å². The number of thiazole rings is 1. The van der Waals surface area contributed by atoms with E-state index < -0.39 is 33.2 Å². The van der Waals surface area contributed by atoms with Crippen LogP contribution in [0.2, 0.25) is 0 Å². The van der Waals surface area contributed by atoms with Gasteiger partial charge in [-0.25, -0.2) is 4.98 Å². The fourth-order valence-corrected chi connectivity index (χ4v) is 5.76. The predicted octanol–water partition coefficient (Wildman–Crippen LogP) is 4.54. The fraction of sp³-hybridized carbons (Fsp3) is 0.591. The van der Waals surface area contributed by atoms with E-state index >= 15 is 0 Å². The molecule has 0 aliphatic carbocycles. The number of allylic oxidation sites excluding steroid dienone is 3. The minimum atomic E-state index is -3.77. The van der Waals surface area contributed by atoms with Crippen LogP contribution in [0.3, 0.4) is 0 Å². The third-order valence-corrected chi connectivity index (χ3v) is 8.10. The quantitative estimate of drug-likeness (QED) is 0.277. The molecular formula is C22H33NO5S2. The largest absolute Gasteiger partial charge is 0.356 e. The van der Waals surface area contributed by atoms with Crippen LogP contribution in [0.25, 0.3) is 0 Å². The zero-order valence-corrected chi connectivity index (χ0v) is 19.9. The Kier molecular flexibility index (Phi) is 9.43. The Morgan fingerprint density at radius 2 is 2.10 bits per heavy atom. The van der Waals surface area contributed by atoms with Gasteiger partial charge < -0.3 is 9.47 Å². The van der Waals surface area contributed by atoms with E-state index in [0.717, 1.165) is 23.5 Å². The Morgan fingerprint density at radius 3 is 2.77 bits per heavy atom. The standard InChI is InChI=1S/C22H33NO5S2/c1-6-7-8-9-11-17-16-29-21(23-17)22(2,3)19-13-10-12-18(30(24,25)28-19)14-15-20(26-4)27-5/h6,8-10,12,16,18-20H,1,7,11,13-15H2,2-5H3/b9-8+. The third kappa shape index (κ3) is 6.59. The average molecular weight is 456 g/mol. The Morgan fingerprint density at radius 1 is 1.37 bits per heavy atom. The first kappa shape index (κ1) is 24.9.